The molecule has 2 amide bonds. The number of hydrogen-bond acceptors (Lipinski definition) is 6. The molecule has 0 saturated carbocycles. The highest BCUT2D eigenvalue weighted by Gasteiger charge is 2.27. The molecule has 2 aliphatic rings. The van der Waals surface area contributed by atoms with Crippen molar-refractivity contribution in [3.63, 3.8) is 0 Å². The maximum atomic E-state index is 13.4. The van der Waals surface area contributed by atoms with Crippen LogP contribution >= 0.6 is 15.9 Å². The van der Waals surface area contributed by atoms with Crippen LogP contribution in [0.2, 0.25) is 0 Å². The van der Waals surface area contributed by atoms with Crippen molar-refractivity contribution in [1.82, 2.24) is 20.2 Å². The Bertz CT molecular complexity index is 1590. The smallest absolute Gasteiger partial charge is 0.407 e. The fourth-order valence-electron chi connectivity index (χ4n) is 5.75. The number of piperidine rings is 1. The number of fused-ring (bicyclic) bond motifs is 2. The number of nitrogens with one attached hydrogen (secondary N) is 1. The lowest BCUT2D eigenvalue weighted by Crippen LogP contribution is -2.46. The van der Waals surface area contributed by atoms with Gasteiger partial charge in [0.05, 0.1) is 5.52 Å². The highest BCUT2D eigenvalue weighted by Crippen LogP contribution is 2.32. The largest absolute Gasteiger partial charge is 0.445 e. The number of nitrogens with zero attached hydrogens (tertiary/aromatic N) is 4. The van der Waals surface area contributed by atoms with Crippen molar-refractivity contribution in [1.29, 1.82) is 0 Å². The van der Waals surface area contributed by atoms with Crippen LogP contribution in [0.25, 0.3) is 10.9 Å². The summed E-state index contributed by atoms with van der Waals surface area (Å²) in [4.78, 5) is 39.0. The van der Waals surface area contributed by atoms with Gasteiger partial charge in [0.25, 0.3) is 5.91 Å². The first-order valence-electron chi connectivity index (χ1n) is 14.0. The van der Waals surface area contributed by atoms with Gasteiger partial charge in [-0.25, -0.2) is 14.8 Å². The summed E-state index contributed by atoms with van der Waals surface area (Å²) in [7, 11) is 0. The van der Waals surface area contributed by atoms with Crippen molar-refractivity contribution in [3.8, 4) is 0 Å². The second-order valence-electron chi connectivity index (χ2n) is 10.7. The van der Waals surface area contributed by atoms with Crippen molar-refractivity contribution in [3.05, 3.63) is 99.3 Å². The Morgan fingerprint density at radius 1 is 1.00 bits per heavy atom. The van der Waals surface area contributed by atoms with Gasteiger partial charge < -0.3 is 19.9 Å². The molecule has 3 aromatic carbocycles. The van der Waals surface area contributed by atoms with Gasteiger partial charge in [0.1, 0.15) is 18.8 Å². The zero-order valence-corrected chi connectivity index (χ0v) is 24.6. The fourth-order valence-corrected chi connectivity index (χ4v) is 6.32. The molecule has 1 N–H and O–H groups in total. The van der Waals surface area contributed by atoms with E-state index in [0.717, 1.165) is 50.8 Å². The molecule has 6 rings (SSSR count). The van der Waals surface area contributed by atoms with E-state index in [9.17, 15) is 9.59 Å². The van der Waals surface area contributed by atoms with Crippen molar-refractivity contribution in [2.24, 2.45) is 0 Å². The summed E-state index contributed by atoms with van der Waals surface area (Å²) in [6.45, 7) is 5.02. The summed E-state index contributed by atoms with van der Waals surface area (Å²) in [5, 5.41) is 3.97. The third kappa shape index (κ3) is 6.05. The van der Waals surface area contributed by atoms with Crippen LogP contribution < -0.4 is 10.2 Å². The molecule has 9 heteroatoms. The second-order valence-corrected chi connectivity index (χ2v) is 11.7. The lowest BCUT2D eigenvalue weighted by molar-refractivity contribution is 0.0700. The van der Waals surface area contributed by atoms with E-state index in [2.05, 4.69) is 61.2 Å². The number of benzene rings is 3. The Balaban J connectivity index is 1.08. The Labute approximate surface area is 247 Å². The first-order valence-corrected chi connectivity index (χ1v) is 14.8. The second kappa shape index (κ2) is 11.9. The van der Waals surface area contributed by atoms with Crippen LogP contribution in [0.1, 0.15) is 45.5 Å². The van der Waals surface area contributed by atoms with Crippen molar-refractivity contribution < 1.29 is 14.3 Å². The summed E-state index contributed by atoms with van der Waals surface area (Å²) < 4.78 is 6.36. The van der Waals surface area contributed by atoms with Gasteiger partial charge in [0, 0.05) is 47.6 Å². The number of amides is 2. The maximum Gasteiger partial charge on any atom is 0.407 e. The highest BCUT2D eigenvalue weighted by molar-refractivity contribution is 9.10. The number of anilines is 1. The Morgan fingerprint density at radius 2 is 1.80 bits per heavy atom. The molecule has 8 nitrogen and oxygen atoms in total. The quantitative estimate of drug-likeness (QED) is 0.306. The molecule has 1 saturated heterocycles. The van der Waals surface area contributed by atoms with E-state index in [1.165, 1.54) is 5.56 Å². The van der Waals surface area contributed by atoms with Crippen LogP contribution in [0.3, 0.4) is 0 Å². The number of alkyl carbamates (subject to hydrolysis) is 1. The molecule has 0 spiro atoms. The molecular formula is C32H32BrN5O3. The van der Waals surface area contributed by atoms with E-state index < -0.39 is 6.09 Å². The summed E-state index contributed by atoms with van der Waals surface area (Å²) in [6, 6.07) is 19.8. The van der Waals surface area contributed by atoms with Crippen LogP contribution in [0.15, 0.2) is 71.5 Å². The van der Waals surface area contributed by atoms with Gasteiger partial charge in [-0.05, 0) is 72.7 Å². The minimum atomic E-state index is -0.420. The molecule has 1 fully saturated rings. The third-order valence-electron chi connectivity index (χ3n) is 7.95. The van der Waals surface area contributed by atoms with Gasteiger partial charge in [-0.3, -0.25) is 4.79 Å². The Hall–Kier alpha value is -3.98. The molecule has 2 aliphatic heterocycles. The van der Waals surface area contributed by atoms with Crippen LogP contribution in [0, 0.1) is 6.92 Å². The minimum Gasteiger partial charge on any atom is -0.445 e. The number of hydrogen-bond donors (Lipinski definition) is 1. The van der Waals surface area contributed by atoms with Gasteiger partial charge in [-0.15, -0.1) is 0 Å². The lowest BCUT2D eigenvalue weighted by atomic mass is 9.96. The van der Waals surface area contributed by atoms with E-state index in [1.54, 1.807) is 6.33 Å². The number of likely N-dealkylation sites (tertiary alicyclic amines) is 1. The number of aryl methyl sites for hydroxylation is 1. The average Bonchev–Trinajstić information content (AvgIpc) is 3.00. The lowest BCUT2D eigenvalue weighted by Gasteiger charge is -2.33. The third-order valence-corrected chi connectivity index (χ3v) is 8.41. The van der Waals surface area contributed by atoms with Crippen LogP contribution in [0.4, 0.5) is 10.6 Å². The van der Waals surface area contributed by atoms with Gasteiger partial charge in [-0.2, -0.15) is 0 Å². The maximum absolute atomic E-state index is 13.4. The molecule has 0 atom stereocenters. The molecule has 41 heavy (non-hydrogen) atoms. The predicted molar refractivity (Wildman–Crippen MR) is 162 cm³/mol. The van der Waals surface area contributed by atoms with Gasteiger partial charge in [0.15, 0.2) is 0 Å². The number of ether oxygens (including phenoxy) is 1. The number of rotatable bonds is 5. The summed E-state index contributed by atoms with van der Waals surface area (Å²) in [6.07, 6.45) is 3.49. The minimum absolute atomic E-state index is 0.00854. The Morgan fingerprint density at radius 3 is 2.61 bits per heavy atom. The molecule has 4 aromatic rings. The number of carbonyl (C=O) groups is 2. The van der Waals surface area contributed by atoms with E-state index >= 15 is 0 Å². The molecule has 0 radical (unpaired) electrons. The molecular weight excluding hydrogens is 582 g/mol. The molecule has 0 unspecified atom stereocenters. The average molecular weight is 615 g/mol. The van der Waals surface area contributed by atoms with Gasteiger partial charge in [0.2, 0.25) is 0 Å². The number of halogens is 1. The van der Waals surface area contributed by atoms with E-state index in [-0.39, 0.29) is 18.6 Å². The standard InChI is InChI=1S/C32H32BrN5O3/c1-21-15-26(33)17-28-29(21)34-20-35-30(28)38-12-9-23-7-8-24(16-25(23)18-38)31(39)37-13-10-27(11-14-37)36-32(40)41-19-22-5-3-2-4-6-22/h2-8,15-17,20,27H,9-14,18-19H2,1H3,(H,36,40). The summed E-state index contributed by atoms with van der Waals surface area (Å²) in [5.74, 6) is 0.945. The van der Waals surface area contributed by atoms with Crippen molar-refractivity contribution >= 4 is 44.7 Å². The van der Waals surface area contributed by atoms with Crippen LogP contribution in [0.5, 0.6) is 0 Å². The van der Waals surface area contributed by atoms with Gasteiger partial charge >= 0.3 is 6.09 Å². The molecule has 1 aromatic heterocycles. The first kappa shape index (κ1) is 27.2. The van der Waals surface area contributed by atoms with E-state index in [0.29, 0.717) is 38.0 Å². The number of carbonyl (C=O) groups excluding carboxylic acids is 2. The zero-order chi connectivity index (χ0) is 28.3. The highest BCUT2D eigenvalue weighted by atomic mass is 79.9. The van der Waals surface area contributed by atoms with E-state index in [1.807, 2.05) is 47.4 Å². The van der Waals surface area contributed by atoms with Crippen LogP contribution in [-0.2, 0) is 24.3 Å². The first-order chi connectivity index (χ1) is 19.9. The monoisotopic (exact) mass is 613 g/mol. The van der Waals surface area contributed by atoms with Crippen molar-refractivity contribution in [2.45, 2.75) is 45.4 Å². The summed E-state index contributed by atoms with van der Waals surface area (Å²) >= 11 is 3.62. The Kier molecular flexibility index (Phi) is 7.87. The van der Waals surface area contributed by atoms with Crippen LogP contribution in [-0.4, -0.2) is 52.5 Å². The SMILES string of the molecule is Cc1cc(Br)cc2c(N3CCc4ccc(C(=O)N5CCC(NC(=O)OCc6ccccc6)CC5)cc4C3)ncnc12. The van der Waals surface area contributed by atoms with Crippen molar-refractivity contribution in [2.75, 3.05) is 24.5 Å². The molecule has 3 heterocycles. The van der Waals surface area contributed by atoms with E-state index in [4.69, 9.17) is 4.74 Å². The summed E-state index contributed by atoms with van der Waals surface area (Å²) in [5.41, 5.74) is 6.13. The van der Waals surface area contributed by atoms with Gasteiger partial charge in [-0.1, -0.05) is 52.3 Å². The number of aromatic nitrogens is 2. The molecule has 0 aliphatic carbocycles. The predicted octanol–water partition coefficient (Wildman–Crippen LogP) is 5.79. The fraction of sp³-hybridized carbons (Fsp3) is 0.312. The zero-order valence-electron chi connectivity index (χ0n) is 23.0. The molecule has 210 valence electrons. The molecule has 0 bridgehead atoms. The topological polar surface area (TPSA) is 87.7 Å². The normalized spacial score (nSPS) is 15.5.